The molecule has 0 bridgehead atoms. The molecule has 0 saturated carbocycles. The van der Waals surface area contributed by atoms with E-state index in [2.05, 4.69) is 40.2 Å². The Morgan fingerprint density at radius 1 is 0.907 bits per heavy atom. The van der Waals surface area contributed by atoms with E-state index in [1.807, 2.05) is 92.7 Å². The van der Waals surface area contributed by atoms with Crippen molar-refractivity contribution in [3.05, 3.63) is 120 Å². The van der Waals surface area contributed by atoms with E-state index in [0.717, 1.165) is 70.0 Å². The maximum Gasteiger partial charge on any atom is 0.224 e. The Kier molecular flexibility index (Phi) is 9.90. The summed E-state index contributed by atoms with van der Waals surface area (Å²) >= 11 is 0. The first kappa shape index (κ1) is 29.6. The van der Waals surface area contributed by atoms with Crippen LogP contribution in [0.25, 0.3) is 28.2 Å². The summed E-state index contributed by atoms with van der Waals surface area (Å²) in [4.78, 5) is 17.9. The third-order valence-electron chi connectivity index (χ3n) is 7.46. The highest BCUT2D eigenvalue weighted by Gasteiger charge is 2.18. The average Bonchev–Trinajstić information content (AvgIpc) is 3.41. The number of nitrogens with zero attached hydrogens (tertiary/aromatic N) is 2. The SMILES string of the molecule is C/C=C/c1ccc(OCCCCn2c(C(C)NC(=O)Cc3ccc(-c4ccccc4)cc3)nc3ccccc32)c(OC)c1. The highest BCUT2D eigenvalue weighted by Crippen LogP contribution is 2.29. The van der Waals surface area contributed by atoms with Crippen molar-refractivity contribution in [3.63, 3.8) is 0 Å². The lowest BCUT2D eigenvalue weighted by atomic mass is 10.0. The maximum absolute atomic E-state index is 13.0. The molecule has 5 rings (SSSR count). The van der Waals surface area contributed by atoms with Gasteiger partial charge in [0.25, 0.3) is 0 Å². The second-order valence-electron chi connectivity index (χ2n) is 10.6. The minimum Gasteiger partial charge on any atom is -0.493 e. The number of benzene rings is 4. The summed E-state index contributed by atoms with van der Waals surface area (Å²) in [5.74, 6) is 2.31. The molecule has 43 heavy (non-hydrogen) atoms. The van der Waals surface area contributed by atoms with Crippen molar-refractivity contribution in [1.29, 1.82) is 0 Å². The molecule has 4 aromatic carbocycles. The van der Waals surface area contributed by atoms with Crippen molar-refractivity contribution in [1.82, 2.24) is 14.9 Å². The van der Waals surface area contributed by atoms with E-state index in [1.54, 1.807) is 7.11 Å². The highest BCUT2D eigenvalue weighted by atomic mass is 16.5. The van der Waals surface area contributed by atoms with Gasteiger partial charge in [0.05, 0.1) is 37.2 Å². The molecule has 1 unspecified atom stereocenters. The molecular formula is C37H39N3O3. The summed E-state index contributed by atoms with van der Waals surface area (Å²) in [5, 5.41) is 3.18. The van der Waals surface area contributed by atoms with E-state index in [4.69, 9.17) is 14.5 Å². The molecule has 1 aromatic heterocycles. The zero-order valence-electron chi connectivity index (χ0n) is 25.1. The smallest absolute Gasteiger partial charge is 0.224 e. The molecule has 1 N–H and O–H groups in total. The summed E-state index contributed by atoms with van der Waals surface area (Å²) < 4.78 is 13.8. The van der Waals surface area contributed by atoms with Crippen LogP contribution in [0.3, 0.4) is 0 Å². The fourth-order valence-corrected chi connectivity index (χ4v) is 5.30. The molecule has 0 aliphatic carbocycles. The molecule has 5 aromatic rings. The van der Waals surface area contributed by atoms with Gasteiger partial charge in [0.15, 0.2) is 11.5 Å². The van der Waals surface area contributed by atoms with Gasteiger partial charge in [-0.05, 0) is 73.2 Å². The number of imidazole rings is 1. The minimum absolute atomic E-state index is 0.0265. The van der Waals surface area contributed by atoms with Crippen LogP contribution in [-0.4, -0.2) is 29.2 Å². The third-order valence-corrected chi connectivity index (χ3v) is 7.46. The molecular weight excluding hydrogens is 534 g/mol. The molecule has 220 valence electrons. The van der Waals surface area contributed by atoms with E-state index in [0.29, 0.717) is 13.0 Å². The Bertz CT molecular complexity index is 1670. The van der Waals surface area contributed by atoms with Crippen molar-refractivity contribution >= 4 is 23.0 Å². The summed E-state index contributed by atoms with van der Waals surface area (Å²) in [5.41, 5.74) is 6.35. The predicted molar refractivity (Wildman–Crippen MR) is 174 cm³/mol. The Labute approximate surface area is 254 Å². The molecule has 6 nitrogen and oxygen atoms in total. The first-order chi connectivity index (χ1) is 21.1. The number of carbonyl (C=O) groups is 1. The molecule has 1 heterocycles. The summed E-state index contributed by atoms with van der Waals surface area (Å²) in [6, 6.07) is 32.3. The fourth-order valence-electron chi connectivity index (χ4n) is 5.30. The third kappa shape index (κ3) is 7.52. The molecule has 0 aliphatic rings. The standard InChI is InChI=1S/C37H39N3O3/c1-4-12-28-19-22-34(35(25-28)42-3)43-24-11-10-23-40-33-16-9-8-15-32(33)39-37(40)27(2)38-36(41)26-29-17-20-31(21-18-29)30-13-6-5-7-14-30/h4-9,12-22,25,27H,10-11,23-24,26H2,1-3H3,(H,38,41)/b12-4+. The van der Waals surface area contributed by atoms with Crippen LogP contribution in [0.4, 0.5) is 0 Å². The largest absolute Gasteiger partial charge is 0.493 e. The van der Waals surface area contributed by atoms with Crippen molar-refractivity contribution in [2.75, 3.05) is 13.7 Å². The molecule has 0 aliphatic heterocycles. The molecule has 0 fully saturated rings. The van der Waals surface area contributed by atoms with Crippen LogP contribution in [-0.2, 0) is 17.8 Å². The topological polar surface area (TPSA) is 65.4 Å². The number of hydrogen-bond acceptors (Lipinski definition) is 4. The highest BCUT2D eigenvalue weighted by molar-refractivity contribution is 5.80. The van der Waals surface area contributed by atoms with Gasteiger partial charge in [-0.3, -0.25) is 4.79 Å². The van der Waals surface area contributed by atoms with Gasteiger partial charge in [0, 0.05) is 6.54 Å². The number of unbranched alkanes of at least 4 members (excludes halogenated alkanes) is 1. The van der Waals surface area contributed by atoms with Crippen LogP contribution < -0.4 is 14.8 Å². The van der Waals surface area contributed by atoms with Crippen LogP contribution >= 0.6 is 0 Å². The zero-order chi connectivity index (χ0) is 30.0. The number of amides is 1. The van der Waals surface area contributed by atoms with Gasteiger partial charge >= 0.3 is 0 Å². The van der Waals surface area contributed by atoms with Gasteiger partial charge in [-0.15, -0.1) is 0 Å². The van der Waals surface area contributed by atoms with Crippen molar-refractivity contribution in [3.8, 4) is 22.6 Å². The monoisotopic (exact) mass is 573 g/mol. The number of methoxy groups -OCH3 is 1. The number of ether oxygens (including phenoxy) is 2. The van der Waals surface area contributed by atoms with Gasteiger partial charge in [-0.25, -0.2) is 4.98 Å². The van der Waals surface area contributed by atoms with Gasteiger partial charge in [0.1, 0.15) is 5.82 Å². The van der Waals surface area contributed by atoms with Crippen molar-refractivity contribution < 1.29 is 14.3 Å². The number of carbonyl (C=O) groups excluding carboxylic acids is 1. The van der Waals surface area contributed by atoms with Crippen LogP contribution in [0.1, 0.15) is 49.7 Å². The van der Waals surface area contributed by atoms with Crippen molar-refractivity contribution in [2.45, 2.75) is 45.7 Å². The lowest BCUT2D eigenvalue weighted by molar-refractivity contribution is -0.121. The Morgan fingerprint density at radius 3 is 2.42 bits per heavy atom. The summed E-state index contributed by atoms with van der Waals surface area (Å²) in [6.45, 7) is 5.35. The Balaban J connectivity index is 1.19. The lowest BCUT2D eigenvalue weighted by Crippen LogP contribution is -2.30. The summed E-state index contributed by atoms with van der Waals surface area (Å²) in [7, 11) is 1.66. The van der Waals surface area contributed by atoms with E-state index < -0.39 is 0 Å². The number of para-hydroxylation sites is 2. The second-order valence-corrected chi connectivity index (χ2v) is 10.6. The van der Waals surface area contributed by atoms with Crippen LogP contribution in [0.2, 0.25) is 0 Å². The van der Waals surface area contributed by atoms with E-state index >= 15 is 0 Å². The first-order valence-electron chi connectivity index (χ1n) is 14.9. The van der Waals surface area contributed by atoms with E-state index in [-0.39, 0.29) is 11.9 Å². The molecule has 1 amide bonds. The Hall–Kier alpha value is -4.84. The van der Waals surface area contributed by atoms with Gasteiger partial charge in [-0.1, -0.05) is 84.9 Å². The summed E-state index contributed by atoms with van der Waals surface area (Å²) in [6.07, 6.45) is 6.12. The number of aromatic nitrogens is 2. The zero-order valence-corrected chi connectivity index (χ0v) is 25.1. The van der Waals surface area contributed by atoms with Crippen molar-refractivity contribution in [2.24, 2.45) is 0 Å². The number of allylic oxidation sites excluding steroid dienone is 1. The fraction of sp³-hybridized carbons (Fsp3) is 0.243. The minimum atomic E-state index is -0.236. The van der Waals surface area contributed by atoms with Gasteiger partial charge in [-0.2, -0.15) is 0 Å². The number of rotatable bonds is 13. The quantitative estimate of drug-likeness (QED) is 0.145. The lowest BCUT2D eigenvalue weighted by Gasteiger charge is -2.17. The number of hydrogen-bond donors (Lipinski definition) is 1. The number of nitrogens with one attached hydrogen (secondary N) is 1. The molecule has 0 spiro atoms. The molecule has 0 radical (unpaired) electrons. The van der Waals surface area contributed by atoms with Gasteiger partial charge < -0.3 is 19.4 Å². The predicted octanol–water partition coefficient (Wildman–Crippen LogP) is 8.02. The second kappa shape index (κ2) is 14.4. The van der Waals surface area contributed by atoms with Gasteiger partial charge in [0.2, 0.25) is 5.91 Å². The van der Waals surface area contributed by atoms with E-state index in [9.17, 15) is 4.79 Å². The normalized spacial score (nSPS) is 12.0. The Morgan fingerprint density at radius 2 is 1.65 bits per heavy atom. The van der Waals surface area contributed by atoms with Crippen LogP contribution in [0.15, 0.2) is 103 Å². The van der Waals surface area contributed by atoms with E-state index in [1.165, 1.54) is 0 Å². The number of fused-ring (bicyclic) bond motifs is 1. The van der Waals surface area contributed by atoms with Crippen LogP contribution in [0, 0.1) is 0 Å². The number of aryl methyl sites for hydroxylation is 1. The molecule has 6 heteroatoms. The maximum atomic E-state index is 13.0. The first-order valence-corrected chi connectivity index (χ1v) is 14.9. The average molecular weight is 574 g/mol. The molecule has 1 atom stereocenters. The molecule has 0 saturated heterocycles. The van der Waals surface area contributed by atoms with Crippen LogP contribution in [0.5, 0.6) is 11.5 Å².